The Morgan fingerprint density at radius 3 is 2.54 bits per heavy atom. The summed E-state index contributed by atoms with van der Waals surface area (Å²) in [6.45, 7) is 2.53. The van der Waals surface area contributed by atoms with E-state index in [0.717, 1.165) is 16.4 Å². The van der Waals surface area contributed by atoms with E-state index in [1.165, 1.54) is 38.4 Å². The summed E-state index contributed by atoms with van der Waals surface area (Å²) in [5.74, 6) is -0.853. The summed E-state index contributed by atoms with van der Waals surface area (Å²) >= 11 is 0. The van der Waals surface area contributed by atoms with Gasteiger partial charge in [0.25, 0.3) is 21.6 Å². The van der Waals surface area contributed by atoms with Crippen LogP contribution < -0.4 is 0 Å². The summed E-state index contributed by atoms with van der Waals surface area (Å²) in [5, 5.41) is 21.4. The molecule has 28 heavy (non-hydrogen) atoms. The Balaban J connectivity index is 2.57. The first-order valence-electron chi connectivity index (χ1n) is 8.34. The third-order valence-corrected chi connectivity index (χ3v) is 6.02. The Bertz CT molecular complexity index is 951. The Morgan fingerprint density at radius 1 is 1.29 bits per heavy atom. The van der Waals surface area contributed by atoms with Crippen LogP contribution in [0.1, 0.15) is 19.4 Å². The zero-order valence-corrected chi connectivity index (χ0v) is 16.1. The molecule has 0 spiro atoms. The van der Waals surface area contributed by atoms with E-state index in [1.54, 1.807) is 12.1 Å². The van der Waals surface area contributed by atoms with Crippen LogP contribution in [0.3, 0.4) is 0 Å². The highest BCUT2D eigenvalue weighted by Crippen LogP contribution is 2.29. The third-order valence-electron chi connectivity index (χ3n) is 4.05. The van der Waals surface area contributed by atoms with Gasteiger partial charge in [-0.05, 0) is 31.5 Å². The van der Waals surface area contributed by atoms with Gasteiger partial charge in [-0.3, -0.25) is 25.1 Å². The molecule has 150 valence electrons. The Labute approximate surface area is 162 Å². The first-order chi connectivity index (χ1) is 13.2. The van der Waals surface area contributed by atoms with Crippen molar-refractivity contribution in [3.05, 3.63) is 64.5 Å². The molecule has 1 heterocycles. The minimum absolute atomic E-state index is 0.0462. The summed E-state index contributed by atoms with van der Waals surface area (Å²) in [7, 11) is -4.46. The van der Waals surface area contributed by atoms with Crippen LogP contribution in [0.15, 0.2) is 53.7 Å². The number of rotatable bonds is 8. The molecule has 0 aliphatic heterocycles. The monoisotopic (exact) mass is 408 g/mol. The van der Waals surface area contributed by atoms with Crippen LogP contribution in [0.2, 0.25) is 0 Å². The molecule has 0 unspecified atom stereocenters. The number of hydrogen-bond acceptors (Lipinski definition) is 7. The second kappa shape index (κ2) is 8.87. The summed E-state index contributed by atoms with van der Waals surface area (Å²) < 4.78 is 27.3. The molecule has 11 heteroatoms. The van der Waals surface area contributed by atoms with Crippen molar-refractivity contribution in [2.75, 3.05) is 6.54 Å². The number of amides is 1. The van der Waals surface area contributed by atoms with Crippen LogP contribution in [0.25, 0.3) is 0 Å². The highest BCUT2D eigenvalue weighted by Gasteiger charge is 2.38. The van der Waals surface area contributed by atoms with Crippen molar-refractivity contribution in [2.45, 2.75) is 31.3 Å². The SMILES string of the molecule is CCN(O)C(=O)[C@H](C)N(Cc1cccnc1)S(=O)(=O)c1ccccc1[N+](=O)[O-]. The number of sulfonamides is 1. The Hall–Kier alpha value is -2.89. The first-order valence-corrected chi connectivity index (χ1v) is 9.78. The van der Waals surface area contributed by atoms with Gasteiger partial charge in [-0.15, -0.1) is 0 Å². The van der Waals surface area contributed by atoms with Crippen molar-refractivity contribution in [1.29, 1.82) is 0 Å². The molecule has 0 fully saturated rings. The molecule has 0 bridgehead atoms. The van der Waals surface area contributed by atoms with Crippen LogP contribution in [-0.4, -0.2) is 51.4 Å². The molecule has 1 amide bonds. The second-order valence-corrected chi connectivity index (χ2v) is 7.73. The maximum atomic E-state index is 13.3. The van der Waals surface area contributed by atoms with E-state index in [9.17, 15) is 28.5 Å². The number of nitro benzene ring substituents is 1. The number of benzene rings is 1. The van der Waals surface area contributed by atoms with E-state index < -0.39 is 37.5 Å². The average Bonchev–Trinajstić information content (AvgIpc) is 2.70. The normalized spacial score (nSPS) is 12.6. The van der Waals surface area contributed by atoms with Crippen LogP contribution in [0, 0.1) is 10.1 Å². The van der Waals surface area contributed by atoms with E-state index in [0.29, 0.717) is 10.6 Å². The van der Waals surface area contributed by atoms with Gasteiger partial charge in [0.2, 0.25) is 0 Å². The number of carbonyl (C=O) groups excluding carboxylic acids is 1. The first kappa shape index (κ1) is 21.4. The van der Waals surface area contributed by atoms with E-state index in [2.05, 4.69) is 4.98 Å². The molecule has 1 aromatic carbocycles. The van der Waals surface area contributed by atoms with Crippen LogP contribution in [0.4, 0.5) is 5.69 Å². The molecule has 2 rings (SSSR count). The number of carbonyl (C=O) groups is 1. The van der Waals surface area contributed by atoms with Gasteiger partial charge in [-0.25, -0.2) is 13.5 Å². The van der Waals surface area contributed by atoms with Gasteiger partial charge in [0.15, 0.2) is 4.90 Å². The number of pyridine rings is 1. The van der Waals surface area contributed by atoms with Gasteiger partial charge >= 0.3 is 0 Å². The summed E-state index contributed by atoms with van der Waals surface area (Å²) in [4.78, 5) is 26.3. The molecule has 0 radical (unpaired) electrons. The van der Waals surface area contributed by atoms with Crippen molar-refractivity contribution < 1.29 is 23.3 Å². The zero-order chi connectivity index (χ0) is 20.9. The molecule has 0 aliphatic rings. The quantitative estimate of drug-likeness (QED) is 0.400. The zero-order valence-electron chi connectivity index (χ0n) is 15.3. The highest BCUT2D eigenvalue weighted by atomic mass is 32.2. The molecule has 1 atom stereocenters. The number of nitrogens with zero attached hydrogens (tertiary/aromatic N) is 4. The molecular formula is C17H20N4O6S. The molecular weight excluding hydrogens is 388 g/mol. The predicted molar refractivity (Wildman–Crippen MR) is 98.7 cm³/mol. The average molecular weight is 408 g/mol. The molecule has 0 saturated heterocycles. The fourth-order valence-corrected chi connectivity index (χ4v) is 4.28. The fourth-order valence-electron chi connectivity index (χ4n) is 2.55. The Kier molecular flexibility index (Phi) is 6.78. The van der Waals surface area contributed by atoms with E-state index in [-0.39, 0.29) is 13.1 Å². The third kappa shape index (κ3) is 4.50. The van der Waals surface area contributed by atoms with Crippen LogP contribution >= 0.6 is 0 Å². The largest absolute Gasteiger partial charge is 0.289 e. The number of likely N-dealkylation sites (N-methyl/N-ethyl adjacent to an activating group) is 1. The molecule has 1 N–H and O–H groups in total. The Morgan fingerprint density at radius 2 is 1.96 bits per heavy atom. The van der Waals surface area contributed by atoms with Crippen molar-refractivity contribution in [1.82, 2.24) is 14.4 Å². The maximum absolute atomic E-state index is 13.3. The topological polar surface area (TPSA) is 134 Å². The minimum atomic E-state index is -4.46. The van der Waals surface area contributed by atoms with Gasteiger partial charge in [0, 0.05) is 31.5 Å². The van der Waals surface area contributed by atoms with Crippen molar-refractivity contribution >= 4 is 21.6 Å². The number of nitro groups is 1. The van der Waals surface area contributed by atoms with E-state index in [1.807, 2.05) is 0 Å². The smallest absolute Gasteiger partial charge is 0.286 e. The van der Waals surface area contributed by atoms with Crippen molar-refractivity contribution in [3.63, 3.8) is 0 Å². The fraction of sp³-hybridized carbons (Fsp3) is 0.294. The van der Waals surface area contributed by atoms with Crippen LogP contribution in [0.5, 0.6) is 0 Å². The van der Waals surface area contributed by atoms with Gasteiger partial charge in [-0.1, -0.05) is 18.2 Å². The lowest BCUT2D eigenvalue weighted by molar-refractivity contribution is -0.387. The maximum Gasteiger partial charge on any atom is 0.289 e. The number of hydrogen-bond donors (Lipinski definition) is 1. The highest BCUT2D eigenvalue weighted by molar-refractivity contribution is 7.89. The summed E-state index contributed by atoms with van der Waals surface area (Å²) in [6, 6.07) is 6.80. The van der Waals surface area contributed by atoms with E-state index in [4.69, 9.17) is 0 Å². The van der Waals surface area contributed by atoms with Gasteiger partial charge in [-0.2, -0.15) is 4.31 Å². The second-order valence-electron chi connectivity index (χ2n) is 5.87. The van der Waals surface area contributed by atoms with E-state index >= 15 is 0 Å². The predicted octanol–water partition coefficient (Wildman–Crippen LogP) is 1.81. The minimum Gasteiger partial charge on any atom is -0.286 e. The van der Waals surface area contributed by atoms with Gasteiger partial charge < -0.3 is 0 Å². The molecule has 0 saturated carbocycles. The van der Waals surface area contributed by atoms with Crippen LogP contribution in [-0.2, 0) is 21.4 Å². The molecule has 10 nitrogen and oxygen atoms in total. The summed E-state index contributed by atoms with van der Waals surface area (Å²) in [5.41, 5.74) is -0.125. The number of para-hydroxylation sites is 1. The lowest BCUT2D eigenvalue weighted by atomic mass is 10.2. The lowest BCUT2D eigenvalue weighted by Crippen LogP contribution is -2.48. The number of aromatic nitrogens is 1. The van der Waals surface area contributed by atoms with Crippen molar-refractivity contribution in [3.8, 4) is 0 Å². The standard InChI is InChI=1S/C17H20N4O6S/c1-3-19(23)17(22)13(2)20(12-14-7-6-10-18-11-14)28(26,27)16-9-5-4-8-15(16)21(24)25/h4-11,13,23H,3,12H2,1-2H3/t13-/m0/s1. The summed E-state index contributed by atoms with van der Waals surface area (Å²) in [6.07, 6.45) is 2.93. The van der Waals surface area contributed by atoms with Gasteiger partial charge in [0.05, 0.1) is 4.92 Å². The molecule has 0 aliphatic carbocycles. The van der Waals surface area contributed by atoms with Gasteiger partial charge in [0.1, 0.15) is 6.04 Å². The molecule has 1 aromatic heterocycles. The number of hydroxylamine groups is 2. The van der Waals surface area contributed by atoms with Crippen molar-refractivity contribution in [2.24, 2.45) is 0 Å². The molecule has 2 aromatic rings. The lowest BCUT2D eigenvalue weighted by Gasteiger charge is -2.29.